The first kappa shape index (κ1) is 55.9. The summed E-state index contributed by atoms with van der Waals surface area (Å²) in [5.41, 5.74) is 0. The fraction of sp³-hybridized carbons (Fsp3) is 0.906. The van der Waals surface area contributed by atoms with E-state index in [1.807, 2.05) is 6.08 Å². The Labute approximate surface area is 358 Å². The number of nitrogens with one attached hydrogen (secondary N) is 1. The third-order valence-corrected chi connectivity index (χ3v) is 12.2. The number of aliphatic hydroxyl groups is 2. The van der Waals surface area contributed by atoms with Gasteiger partial charge in [0.05, 0.1) is 18.8 Å². The highest BCUT2D eigenvalue weighted by Crippen LogP contribution is 2.18. The molecule has 0 aromatic rings. The first-order chi connectivity index (χ1) is 28.2. The molecule has 0 rings (SSSR count). The van der Waals surface area contributed by atoms with Crippen molar-refractivity contribution in [1.29, 1.82) is 0 Å². The average molecular weight is 802 g/mol. The van der Waals surface area contributed by atoms with Gasteiger partial charge in [-0.25, -0.2) is 0 Å². The maximum absolute atomic E-state index is 12.3. The summed E-state index contributed by atoms with van der Waals surface area (Å²) in [5, 5.41) is 22.8. The molecule has 0 fully saturated rings. The van der Waals surface area contributed by atoms with E-state index in [0.717, 1.165) is 38.5 Å². The number of rotatable bonds is 48. The Bertz CT molecular complexity index is 825. The number of unbranched alkanes of at least 4 members (excludes halogenated alkanes) is 39. The van der Waals surface area contributed by atoms with Crippen LogP contribution in [0.25, 0.3) is 0 Å². The largest absolute Gasteiger partial charge is 0.394 e. The lowest BCUT2D eigenvalue weighted by Crippen LogP contribution is -2.45. The van der Waals surface area contributed by atoms with Crippen molar-refractivity contribution in [3.63, 3.8) is 0 Å². The zero-order chi connectivity index (χ0) is 41.4. The first-order valence-corrected chi connectivity index (χ1v) is 26.1. The molecule has 0 aliphatic carbocycles. The molecule has 0 bridgehead atoms. The van der Waals surface area contributed by atoms with E-state index >= 15 is 0 Å². The maximum Gasteiger partial charge on any atom is 0.220 e. The monoisotopic (exact) mass is 802 g/mol. The lowest BCUT2D eigenvalue weighted by Gasteiger charge is -2.19. The lowest BCUT2D eigenvalue weighted by molar-refractivity contribution is -0.123. The molecule has 338 valence electrons. The van der Waals surface area contributed by atoms with E-state index in [4.69, 9.17) is 0 Å². The zero-order valence-electron chi connectivity index (χ0n) is 38.9. The molecule has 0 aromatic carbocycles. The van der Waals surface area contributed by atoms with Crippen LogP contribution < -0.4 is 5.32 Å². The lowest BCUT2D eigenvalue weighted by atomic mass is 10.0. The van der Waals surface area contributed by atoms with Gasteiger partial charge in [-0.2, -0.15) is 0 Å². The molecule has 0 heterocycles. The van der Waals surface area contributed by atoms with Gasteiger partial charge in [0.15, 0.2) is 0 Å². The van der Waals surface area contributed by atoms with Crippen LogP contribution in [0.5, 0.6) is 0 Å². The van der Waals surface area contributed by atoms with Crippen LogP contribution in [0.4, 0.5) is 0 Å². The SMILES string of the molecule is CCC/C=C/CC/C=C/C(O)C(CO)NC(=O)CCCCCCCCCCCCCCCCCCCCCCCCCCCCCCCCCCCCCCCC. The summed E-state index contributed by atoms with van der Waals surface area (Å²) in [5.74, 6) is -0.0737. The van der Waals surface area contributed by atoms with Crippen LogP contribution >= 0.6 is 0 Å². The number of hydrogen-bond acceptors (Lipinski definition) is 3. The van der Waals surface area contributed by atoms with Crippen LogP contribution in [0.15, 0.2) is 24.3 Å². The summed E-state index contributed by atoms with van der Waals surface area (Å²) >= 11 is 0. The van der Waals surface area contributed by atoms with E-state index in [2.05, 4.69) is 31.3 Å². The minimum absolute atomic E-state index is 0.0737. The van der Waals surface area contributed by atoms with Gasteiger partial charge in [0.2, 0.25) is 5.91 Å². The zero-order valence-corrected chi connectivity index (χ0v) is 38.9. The van der Waals surface area contributed by atoms with Gasteiger partial charge in [-0.05, 0) is 25.7 Å². The van der Waals surface area contributed by atoms with Gasteiger partial charge in [-0.15, -0.1) is 0 Å². The molecular weight excluding hydrogens is 699 g/mol. The Hall–Kier alpha value is -1.13. The number of hydrogen-bond donors (Lipinski definition) is 3. The van der Waals surface area contributed by atoms with Crippen LogP contribution in [0.1, 0.15) is 290 Å². The van der Waals surface area contributed by atoms with Crippen LogP contribution in [0.2, 0.25) is 0 Å². The van der Waals surface area contributed by atoms with Crippen molar-refractivity contribution in [2.24, 2.45) is 0 Å². The summed E-state index contributed by atoms with van der Waals surface area (Å²) in [6.45, 7) is 4.21. The van der Waals surface area contributed by atoms with Gasteiger partial charge in [0.25, 0.3) is 0 Å². The highest BCUT2D eigenvalue weighted by molar-refractivity contribution is 5.76. The van der Waals surface area contributed by atoms with Crippen molar-refractivity contribution in [2.75, 3.05) is 6.61 Å². The molecule has 1 amide bonds. The van der Waals surface area contributed by atoms with Gasteiger partial charge >= 0.3 is 0 Å². The summed E-state index contributed by atoms with van der Waals surface area (Å²) in [6, 6.07) is -0.632. The van der Waals surface area contributed by atoms with Crippen LogP contribution in [0, 0.1) is 0 Å². The smallest absolute Gasteiger partial charge is 0.220 e. The second-order valence-corrected chi connectivity index (χ2v) is 17.9. The molecule has 2 unspecified atom stereocenters. The third-order valence-electron chi connectivity index (χ3n) is 12.2. The molecule has 57 heavy (non-hydrogen) atoms. The number of allylic oxidation sites excluding steroid dienone is 3. The summed E-state index contributed by atoms with van der Waals surface area (Å²) < 4.78 is 0. The van der Waals surface area contributed by atoms with Crippen molar-refractivity contribution in [3.8, 4) is 0 Å². The van der Waals surface area contributed by atoms with E-state index in [9.17, 15) is 15.0 Å². The van der Waals surface area contributed by atoms with Gasteiger partial charge in [0.1, 0.15) is 0 Å². The van der Waals surface area contributed by atoms with Gasteiger partial charge in [0, 0.05) is 6.42 Å². The van der Waals surface area contributed by atoms with Crippen LogP contribution in [0.3, 0.4) is 0 Å². The second-order valence-electron chi connectivity index (χ2n) is 17.9. The van der Waals surface area contributed by atoms with E-state index < -0.39 is 12.1 Å². The molecule has 0 aliphatic heterocycles. The van der Waals surface area contributed by atoms with Crippen molar-refractivity contribution in [2.45, 2.75) is 302 Å². The van der Waals surface area contributed by atoms with E-state index in [-0.39, 0.29) is 12.5 Å². The molecule has 3 N–H and O–H groups in total. The van der Waals surface area contributed by atoms with E-state index in [1.54, 1.807) is 6.08 Å². The van der Waals surface area contributed by atoms with Crippen molar-refractivity contribution in [1.82, 2.24) is 5.32 Å². The van der Waals surface area contributed by atoms with Gasteiger partial charge in [-0.3, -0.25) is 4.79 Å². The Morgan fingerprint density at radius 1 is 0.404 bits per heavy atom. The second kappa shape index (κ2) is 49.2. The summed E-state index contributed by atoms with van der Waals surface area (Å²) in [6.07, 6.45) is 65.2. The van der Waals surface area contributed by atoms with E-state index in [0.29, 0.717) is 6.42 Å². The summed E-state index contributed by atoms with van der Waals surface area (Å²) in [4.78, 5) is 12.3. The third kappa shape index (κ3) is 45.8. The van der Waals surface area contributed by atoms with E-state index in [1.165, 1.54) is 231 Å². The minimum atomic E-state index is -0.855. The molecule has 0 saturated heterocycles. The Balaban J connectivity index is 3.29. The van der Waals surface area contributed by atoms with Crippen molar-refractivity contribution in [3.05, 3.63) is 24.3 Å². The molecule has 4 heteroatoms. The number of carbonyl (C=O) groups excluding carboxylic acids is 1. The minimum Gasteiger partial charge on any atom is -0.394 e. The van der Waals surface area contributed by atoms with Crippen LogP contribution in [-0.2, 0) is 4.79 Å². The predicted octanol–water partition coefficient (Wildman–Crippen LogP) is 16.8. The molecule has 0 aliphatic rings. The average Bonchev–Trinajstić information content (AvgIpc) is 3.22. The predicted molar refractivity (Wildman–Crippen MR) is 253 cm³/mol. The number of amides is 1. The maximum atomic E-state index is 12.3. The molecule has 0 spiro atoms. The van der Waals surface area contributed by atoms with Crippen molar-refractivity contribution < 1.29 is 15.0 Å². The number of aliphatic hydroxyl groups excluding tert-OH is 2. The molecule has 2 atom stereocenters. The highest BCUT2D eigenvalue weighted by atomic mass is 16.3. The molecule has 0 aromatic heterocycles. The topological polar surface area (TPSA) is 69.6 Å². The van der Waals surface area contributed by atoms with Crippen molar-refractivity contribution >= 4 is 5.91 Å². The fourth-order valence-corrected chi connectivity index (χ4v) is 8.21. The Morgan fingerprint density at radius 2 is 0.684 bits per heavy atom. The number of carbonyl (C=O) groups is 1. The molecule has 0 radical (unpaired) electrons. The standard InChI is InChI=1S/C53H103NO3/c1-3-5-7-9-11-12-13-14-15-16-17-18-19-20-21-22-23-24-25-26-27-28-29-30-31-32-33-34-35-36-37-38-39-40-41-43-45-47-49-53(57)54-51(50-55)52(56)48-46-44-42-10-8-6-4-2/h8,10,46,48,51-52,55-56H,3-7,9,11-45,47,49-50H2,1-2H3,(H,54,57)/b10-8+,48-46+. The van der Waals surface area contributed by atoms with Gasteiger partial charge in [-0.1, -0.05) is 282 Å². The molecule has 0 saturated carbocycles. The molecular formula is C53H103NO3. The highest BCUT2D eigenvalue weighted by Gasteiger charge is 2.17. The Kier molecular flexibility index (Phi) is 48.3. The Morgan fingerprint density at radius 3 is 0.982 bits per heavy atom. The fourth-order valence-electron chi connectivity index (χ4n) is 8.21. The molecule has 4 nitrogen and oxygen atoms in total. The van der Waals surface area contributed by atoms with Crippen LogP contribution in [-0.4, -0.2) is 34.9 Å². The quantitative estimate of drug-likeness (QED) is 0.0424. The normalized spacial score (nSPS) is 13.0. The summed E-state index contributed by atoms with van der Waals surface area (Å²) in [7, 11) is 0. The van der Waals surface area contributed by atoms with Gasteiger partial charge < -0.3 is 15.5 Å². The first-order valence-electron chi connectivity index (χ1n) is 26.1.